The van der Waals surface area contributed by atoms with Gasteiger partial charge in [0.2, 0.25) is 0 Å². The first kappa shape index (κ1) is 21.7. The Morgan fingerprint density at radius 2 is 1.81 bits per heavy atom. The molecular weight excluding hydrogens is 477 g/mol. The van der Waals surface area contributed by atoms with Gasteiger partial charge in [-0.05, 0) is 48.6 Å². The summed E-state index contributed by atoms with van der Waals surface area (Å²) in [5.74, 6) is -0.992. The number of nitro benzene ring substituents is 1. The Morgan fingerprint density at radius 3 is 2.53 bits per heavy atom. The van der Waals surface area contributed by atoms with E-state index in [4.69, 9.17) is 39.8 Å². The molecule has 1 aliphatic heterocycles. The van der Waals surface area contributed by atoms with Crippen LogP contribution in [0.1, 0.15) is 5.76 Å². The highest BCUT2D eigenvalue weighted by Gasteiger charge is 2.35. The SMILES string of the molecule is O=C1NC(=S)N(c2ccccc2Cl)C(=O)/C1=C/c1ccc(-c2cc([N+](=O)[O-])ccc2Cl)o1. The van der Waals surface area contributed by atoms with E-state index in [9.17, 15) is 19.7 Å². The molecule has 0 bridgehead atoms. The number of non-ortho nitro benzene ring substituents is 1. The summed E-state index contributed by atoms with van der Waals surface area (Å²) < 4.78 is 5.68. The quantitative estimate of drug-likeness (QED) is 0.182. The lowest BCUT2D eigenvalue weighted by Gasteiger charge is -2.29. The van der Waals surface area contributed by atoms with Crippen LogP contribution in [0.4, 0.5) is 11.4 Å². The van der Waals surface area contributed by atoms with Crippen molar-refractivity contribution in [2.45, 2.75) is 0 Å². The van der Waals surface area contributed by atoms with Crippen LogP contribution in [-0.2, 0) is 9.59 Å². The number of carbonyl (C=O) groups is 2. The lowest BCUT2D eigenvalue weighted by atomic mass is 10.1. The molecule has 0 saturated carbocycles. The van der Waals surface area contributed by atoms with Gasteiger partial charge in [0.25, 0.3) is 17.5 Å². The van der Waals surface area contributed by atoms with Gasteiger partial charge in [0, 0.05) is 17.7 Å². The Morgan fingerprint density at radius 1 is 1.06 bits per heavy atom. The predicted molar refractivity (Wildman–Crippen MR) is 123 cm³/mol. The van der Waals surface area contributed by atoms with Crippen LogP contribution in [0.25, 0.3) is 17.4 Å². The van der Waals surface area contributed by atoms with Crippen LogP contribution < -0.4 is 10.2 Å². The zero-order valence-corrected chi connectivity index (χ0v) is 18.2. The van der Waals surface area contributed by atoms with Gasteiger partial charge in [-0.1, -0.05) is 35.3 Å². The number of amides is 2. The van der Waals surface area contributed by atoms with Crippen molar-refractivity contribution in [3.8, 4) is 11.3 Å². The Hall–Kier alpha value is -3.53. The second-order valence-electron chi connectivity index (χ2n) is 6.53. The molecule has 1 N–H and O–H groups in total. The number of furan rings is 1. The summed E-state index contributed by atoms with van der Waals surface area (Å²) in [4.78, 5) is 37.1. The standard InChI is InChI=1S/C21H11Cl2N3O5S/c22-15-7-5-11(26(29)30)9-13(15)18-8-6-12(31-18)10-14-19(27)24-21(32)25(20(14)28)17-4-2-1-3-16(17)23/h1-10H,(H,24,27,32)/b14-10+. The Balaban J connectivity index is 1.71. The van der Waals surface area contributed by atoms with Gasteiger partial charge in [0.1, 0.15) is 17.1 Å². The molecule has 0 atom stereocenters. The van der Waals surface area contributed by atoms with Gasteiger partial charge in [-0.2, -0.15) is 0 Å². The second kappa shape index (κ2) is 8.54. The number of nitrogens with one attached hydrogen (secondary N) is 1. The van der Waals surface area contributed by atoms with E-state index in [-0.39, 0.29) is 37.9 Å². The van der Waals surface area contributed by atoms with Crippen molar-refractivity contribution in [3.05, 3.63) is 86.1 Å². The van der Waals surface area contributed by atoms with E-state index in [1.807, 2.05) is 0 Å². The van der Waals surface area contributed by atoms with E-state index in [0.29, 0.717) is 11.3 Å². The van der Waals surface area contributed by atoms with E-state index in [1.165, 1.54) is 36.4 Å². The highest BCUT2D eigenvalue weighted by molar-refractivity contribution is 7.80. The maximum atomic E-state index is 13.1. The minimum atomic E-state index is -0.699. The summed E-state index contributed by atoms with van der Waals surface area (Å²) in [7, 11) is 0. The number of anilines is 1. The molecule has 160 valence electrons. The summed E-state index contributed by atoms with van der Waals surface area (Å²) in [6.45, 7) is 0. The lowest BCUT2D eigenvalue weighted by Crippen LogP contribution is -2.54. The van der Waals surface area contributed by atoms with Crippen molar-refractivity contribution in [3.63, 3.8) is 0 Å². The molecule has 1 saturated heterocycles. The molecule has 1 aliphatic rings. The summed E-state index contributed by atoms with van der Waals surface area (Å²) in [6.07, 6.45) is 1.25. The summed E-state index contributed by atoms with van der Waals surface area (Å²) in [5, 5.41) is 13.9. The van der Waals surface area contributed by atoms with Crippen LogP contribution in [0, 0.1) is 10.1 Å². The third-order valence-corrected chi connectivity index (χ3v) is 5.47. The third-order valence-electron chi connectivity index (χ3n) is 4.53. The van der Waals surface area contributed by atoms with E-state index in [2.05, 4.69) is 5.32 Å². The van der Waals surface area contributed by atoms with Crippen LogP contribution >= 0.6 is 35.4 Å². The monoisotopic (exact) mass is 487 g/mol. The number of nitrogens with zero attached hydrogens (tertiary/aromatic N) is 2. The maximum Gasteiger partial charge on any atom is 0.270 e. The first-order valence-electron chi connectivity index (χ1n) is 8.96. The molecule has 0 radical (unpaired) electrons. The fraction of sp³-hybridized carbons (Fsp3) is 0. The summed E-state index contributed by atoms with van der Waals surface area (Å²) >= 11 is 17.5. The van der Waals surface area contributed by atoms with Gasteiger partial charge < -0.3 is 4.42 Å². The molecular formula is C21H11Cl2N3O5S. The fourth-order valence-corrected chi connectivity index (χ4v) is 3.75. The molecule has 8 nitrogen and oxygen atoms in total. The maximum absolute atomic E-state index is 13.1. The van der Waals surface area contributed by atoms with Gasteiger partial charge in [0.05, 0.1) is 20.7 Å². The van der Waals surface area contributed by atoms with Crippen LogP contribution in [-0.4, -0.2) is 21.9 Å². The number of rotatable bonds is 4. The van der Waals surface area contributed by atoms with Crippen LogP contribution in [0.5, 0.6) is 0 Å². The van der Waals surface area contributed by atoms with Crippen LogP contribution in [0.15, 0.2) is 64.6 Å². The lowest BCUT2D eigenvalue weighted by molar-refractivity contribution is -0.384. The highest BCUT2D eigenvalue weighted by Crippen LogP contribution is 2.34. The molecule has 1 fully saturated rings. The first-order valence-corrected chi connectivity index (χ1v) is 10.1. The van der Waals surface area contributed by atoms with Gasteiger partial charge >= 0.3 is 0 Å². The van der Waals surface area contributed by atoms with Crippen molar-refractivity contribution in [1.29, 1.82) is 0 Å². The predicted octanol–water partition coefficient (Wildman–Crippen LogP) is 4.99. The van der Waals surface area contributed by atoms with Crippen LogP contribution in [0.3, 0.4) is 0 Å². The summed E-state index contributed by atoms with van der Waals surface area (Å²) in [6, 6.07) is 13.5. The first-order chi connectivity index (χ1) is 15.3. The molecule has 2 aromatic carbocycles. The minimum Gasteiger partial charge on any atom is -0.457 e. The smallest absolute Gasteiger partial charge is 0.270 e. The topological polar surface area (TPSA) is 106 Å². The molecule has 11 heteroatoms. The Kier molecular flexibility index (Phi) is 5.79. The van der Waals surface area contributed by atoms with Gasteiger partial charge in [0.15, 0.2) is 5.11 Å². The van der Waals surface area contributed by atoms with Gasteiger partial charge in [-0.3, -0.25) is 29.9 Å². The number of para-hydroxylation sites is 1. The molecule has 1 aromatic heterocycles. The molecule has 2 amide bonds. The largest absolute Gasteiger partial charge is 0.457 e. The summed E-state index contributed by atoms with van der Waals surface area (Å²) in [5.41, 5.74) is 0.221. The van der Waals surface area contributed by atoms with Crippen LogP contribution in [0.2, 0.25) is 10.0 Å². The zero-order chi connectivity index (χ0) is 23.0. The number of carbonyl (C=O) groups excluding carboxylic acids is 2. The van der Waals surface area contributed by atoms with Crippen molar-refractivity contribution in [2.75, 3.05) is 4.90 Å². The van der Waals surface area contributed by atoms with Crippen molar-refractivity contribution in [1.82, 2.24) is 5.32 Å². The molecule has 0 aliphatic carbocycles. The number of hydrogen-bond donors (Lipinski definition) is 1. The van der Waals surface area contributed by atoms with Gasteiger partial charge in [-0.15, -0.1) is 0 Å². The van der Waals surface area contributed by atoms with Crippen molar-refractivity contribution >= 4 is 69.8 Å². The third kappa shape index (κ3) is 4.01. The van der Waals surface area contributed by atoms with Crippen molar-refractivity contribution in [2.24, 2.45) is 0 Å². The Bertz CT molecular complexity index is 1330. The second-order valence-corrected chi connectivity index (χ2v) is 7.73. The fourth-order valence-electron chi connectivity index (χ4n) is 3.04. The van der Waals surface area contributed by atoms with E-state index in [1.54, 1.807) is 24.3 Å². The highest BCUT2D eigenvalue weighted by atomic mass is 35.5. The van der Waals surface area contributed by atoms with E-state index >= 15 is 0 Å². The average molecular weight is 488 g/mol. The van der Waals surface area contributed by atoms with Gasteiger partial charge in [-0.25, -0.2) is 0 Å². The number of benzene rings is 2. The molecule has 4 rings (SSSR count). The molecule has 32 heavy (non-hydrogen) atoms. The zero-order valence-electron chi connectivity index (χ0n) is 15.9. The molecule has 3 aromatic rings. The van der Waals surface area contributed by atoms with E-state index in [0.717, 1.165) is 4.90 Å². The average Bonchev–Trinajstić information content (AvgIpc) is 3.21. The molecule has 0 unspecified atom stereocenters. The molecule has 0 spiro atoms. The Labute approximate surface area is 196 Å². The van der Waals surface area contributed by atoms with E-state index < -0.39 is 16.7 Å². The number of nitro groups is 1. The number of halogens is 2. The number of hydrogen-bond acceptors (Lipinski definition) is 6. The van der Waals surface area contributed by atoms with Crippen molar-refractivity contribution < 1.29 is 18.9 Å². The molecule has 2 heterocycles. The minimum absolute atomic E-state index is 0.103. The number of thiocarbonyl (C=S) groups is 1. The normalized spacial score (nSPS) is 15.2.